The molecule has 0 radical (unpaired) electrons. The Morgan fingerprint density at radius 3 is 2.10 bits per heavy atom. The van der Waals surface area contributed by atoms with Crippen molar-refractivity contribution in [2.45, 2.75) is 25.1 Å². The second kappa shape index (κ2) is 5.28. The van der Waals surface area contributed by atoms with Gasteiger partial charge in [-0.3, -0.25) is 0 Å². The molecule has 0 unspecified atom stereocenters. The molecule has 1 aromatic carbocycles. The maximum atomic E-state index is 12.4. The van der Waals surface area contributed by atoms with Crippen LogP contribution in [0.25, 0.3) is 0 Å². The van der Waals surface area contributed by atoms with E-state index in [1.807, 2.05) is 19.6 Å². The molecule has 4 nitrogen and oxygen atoms in total. The molecule has 0 fully saturated rings. The van der Waals surface area contributed by atoms with Gasteiger partial charge in [0.1, 0.15) is 11.5 Å². The molecule has 0 aliphatic carbocycles. The van der Waals surface area contributed by atoms with Crippen molar-refractivity contribution in [1.82, 2.24) is 0 Å². The monoisotopic (exact) mass is 328 g/mol. The molecular weight excluding hydrogens is 313 g/mol. The zero-order valence-electron chi connectivity index (χ0n) is 11.4. The predicted octanol–water partition coefficient (Wildman–Crippen LogP) is 2.47. The average Bonchev–Trinajstić information content (AvgIpc) is 2.26. The van der Waals surface area contributed by atoms with E-state index in [9.17, 15) is 21.6 Å². The largest absolute Gasteiger partial charge is 0.534 e. The third-order valence-electron chi connectivity index (χ3n) is 2.48. The molecule has 0 spiro atoms. The zero-order valence-corrected chi connectivity index (χ0v) is 13.2. The molecule has 0 aliphatic heterocycles. The van der Waals surface area contributed by atoms with Gasteiger partial charge < -0.3 is 8.92 Å². The van der Waals surface area contributed by atoms with Crippen LogP contribution in [0.3, 0.4) is 0 Å². The fraction of sp³-hybridized carbons (Fsp3) is 0.455. The molecule has 0 N–H and O–H groups in total. The van der Waals surface area contributed by atoms with Gasteiger partial charge in [0.15, 0.2) is 0 Å². The van der Waals surface area contributed by atoms with E-state index >= 15 is 0 Å². The Hall–Kier alpha value is -1.22. The topological polar surface area (TPSA) is 52.6 Å². The van der Waals surface area contributed by atoms with Crippen molar-refractivity contribution >= 4 is 23.4 Å². The lowest BCUT2D eigenvalue weighted by atomic mass is 10.3. The first-order valence-corrected chi connectivity index (χ1v) is 10.5. The molecular formula is C11H15F3O4SSi. The summed E-state index contributed by atoms with van der Waals surface area (Å²) in [6.07, 6.45) is 0. The highest BCUT2D eigenvalue weighted by Crippen LogP contribution is 2.28. The highest BCUT2D eigenvalue weighted by atomic mass is 32.2. The summed E-state index contributed by atoms with van der Waals surface area (Å²) in [7, 11) is -6.38. The Bertz CT molecular complexity index is 591. The van der Waals surface area contributed by atoms with Crippen LogP contribution in [0.2, 0.25) is 19.6 Å². The zero-order chi connectivity index (χ0) is 15.8. The van der Waals surface area contributed by atoms with Crippen LogP contribution < -0.4 is 14.1 Å². The number of hydrogen-bond donors (Lipinski definition) is 0. The number of hydrogen-bond acceptors (Lipinski definition) is 4. The van der Waals surface area contributed by atoms with Gasteiger partial charge in [-0.1, -0.05) is 19.6 Å². The Morgan fingerprint density at radius 2 is 1.70 bits per heavy atom. The van der Waals surface area contributed by atoms with E-state index < -0.39 is 23.7 Å². The van der Waals surface area contributed by atoms with Crippen LogP contribution in [0.5, 0.6) is 11.5 Å². The summed E-state index contributed by atoms with van der Waals surface area (Å²) in [6.45, 7) is 5.57. The van der Waals surface area contributed by atoms with E-state index in [1.54, 1.807) is 0 Å². The molecule has 0 bridgehead atoms. The number of methoxy groups -OCH3 is 1. The Morgan fingerprint density at radius 1 is 1.15 bits per heavy atom. The molecule has 0 amide bonds. The van der Waals surface area contributed by atoms with E-state index in [2.05, 4.69) is 4.18 Å². The second-order valence-electron chi connectivity index (χ2n) is 5.10. The van der Waals surface area contributed by atoms with Crippen molar-refractivity contribution in [2.75, 3.05) is 7.11 Å². The number of alkyl halides is 3. The van der Waals surface area contributed by atoms with Gasteiger partial charge in [0.2, 0.25) is 0 Å². The molecule has 9 heteroatoms. The first-order chi connectivity index (χ1) is 8.88. The summed E-state index contributed by atoms with van der Waals surface area (Å²) >= 11 is 0. The van der Waals surface area contributed by atoms with E-state index in [1.165, 1.54) is 25.3 Å². The molecule has 0 saturated heterocycles. The molecule has 0 aromatic heterocycles. The number of ether oxygens (including phenoxy) is 1. The first kappa shape index (κ1) is 16.8. The summed E-state index contributed by atoms with van der Waals surface area (Å²) in [6, 6.07) is 4.04. The molecule has 114 valence electrons. The third kappa shape index (κ3) is 3.66. The van der Waals surface area contributed by atoms with E-state index in [-0.39, 0.29) is 5.75 Å². The maximum absolute atomic E-state index is 12.4. The van der Waals surface area contributed by atoms with Crippen molar-refractivity contribution in [3.8, 4) is 11.5 Å². The van der Waals surface area contributed by atoms with Gasteiger partial charge in [0.25, 0.3) is 0 Å². The van der Waals surface area contributed by atoms with Crippen LogP contribution in [-0.2, 0) is 10.1 Å². The number of benzene rings is 1. The minimum Gasteiger partial charge on any atom is -0.497 e. The predicted molar refractivity (Wildman–Crippen MR) is 71.6 cm³/mol. The van der Waals surface area contributed by atoms with Crippen molar-refractivity contribution in [2.24, 2.45) is 0 Å². The molecule has 0 heterocycles. The van der Waals surface area contributed by atoms with Gasteiger partial charge >= 0.3 is 15.6 Å². The van der Waals surface area contributed by atoms with E-state index in [0.29, 0.717) is 10.9 Å². The standard InChI is InChI=1S/C11H15F3O4SSi/c1-17-8-5-6-9(10(7-8)20(2,3)4)18-19(15,16)11(12,13)14/h5-7H,1-4H3. The molecule has 1 aromatic rings. The molecule has 1 rings (SSSR count). The van der Waals surface area contributed by atoms with Gasteiger partial charge in [-0.15, -0.1) is 0 Å². The SMILES string of the molecule is COc1ccc(OS(=O)(=O)C(F)(F)F)c([Si](C)(C)C)c1. The van der Waals surface area contributed by atoms with E-state index in [0.717, 1.165) is 0 Å². The first-order valence-electron chi connectivity index (χ1n) is 5.58. The van der Waals surface area contributed by atoms with Gasteiger partial charge in [-0.2, -0.15) is 21.6 Å². The van der Waals surface area contributed by atoms with Gasteiger partial charge in [0, 0.05) is 0 Å². The number of rotatable bonds is 4. The summed E-state index contributed by atoms with van der Waals surface area (Å²) < 4.78 is 68.5. The van der Waals surface area contributed by atoms with Crippen LogP contribution in [0.1, 0.15) is 0 Å². The fourth-order valence-electron chi connectivity index (χ4n) is 1.46. The summed E-state index contributed by atoms with van der Waals surface area (Å²) in [5.41, 5.74) is -5.45. The quantitative estimate of drug-likeness (QED) is 0.484. The van der Waals surface area contributed by atoms with Crippen molar-refractivity contribution in [3.05, 3.63) is 18.2 Å². The minimum absolute atomic E-state index is 0.303. The van der Waals surface area contributed by atoms with Gasteiger partial charge in [0.05, 0.1) is 15.2 Å². The van der Waals surface area contributed by atoms with Gasteiger partial charge in [-0.25, -0.2) is 0 Å². The molecule has 20 heavy (non-hydrogen) atoms. The summed E-state index contributed by atoms with van der Waals surface area (Å²) in [4.78, 5) is 0. The fourth-order valence-corrected chi connectivity index (χ4v) is 3.46. The van der Waals surface area contributed by atoms with Crippen LogP contribution in [0.15, 0.2) is 18.2 Å². The third-order valence-corrected chi connectivity index (χ3v) is 5.45. The van der Waals surface area contributed by atoms with Crippen molar-refractivity contribution < 1.29 is 30.5 Å². The smallest absolute Gasteiger partial charge is 0.497 e. The lowest BCUT2D eigenvalue weighted by molar-refractivity contribution is -0.0499. The maximum Gasteiger partial charge on any atom is 0.534 e. The highest BCUT2D eigenvalue weighted by molar-refractivity contribution is 7.88. The molecule has 0 aliphatic rings. The van der Waals surface area contributed by atoms with Crippen LogP contribution in [0.4, 0.5) is 13.2 Å². The lowest BCUT2D eigenvalue weighted by Crippen LogP contribution is -2.40. The average molecular weight is 328 g/mol. The highest BCUT2D eigenvalue weighted by Gasteiger charge is 2.49. The van der Waals surface area contributed by atoms with E-state index in [4.69, 9.17) is 4.74 Å². The van der Waals surface area contributed by atoms with Crippen molar-refractivity contribution in [3.63, 3.8) is 0 Å². The van der Waals surface area contributed by atoms with Crippen LogP contribution in [0, 0.1) is 0 Å². The van der Waals surface area contributed by atoms with Crippen LogP contribution >= 0.6 is 0 Å². The molecule has 0 saturated carbocycles. The van der Waals surface area contributed by atoms with Crippen molar-refractivity contribution in [1.29, 1.82) is 0 Å². The summed E-state index contributed by atoms with van der Waals surface area (Å²) in [5.74, 6) is 0.126. The Kier molecular flexibility index (Phi) is 4.45. The Balaban J connectivity index is 3.33. The molecule has 0 atom stereocenters. The normalized spacial score (nSPS) is 13.2. The summed E-state index contributed by atoms with van der Waals surface area (Å²) in [5, 5.41) is 0.435. The Labute approximate surface area is 116 Å². The number of halogens is 3. The second-order valence-corrected chi connectivity index (χ2v) is 11.7. The van der Waals surface area contributed by atoms with Gasteiger partial charge in [-0.05, 0) is 23.4 Å². The minimum atomic E-state index is -5.67. The van der Waals surface area contributed by atoms with Crippen LogP contribution in [-0.4, -0.2) is 29.1 Å². The lowest BCUT2D eigenvalue weighted by Gasteiger charge is -2.21.